The molecule has 2 atom stereocenters. The van der Waals surface area contributed by atoms with Gasteiger partial charge in [0.1, 0.15) is 11.8 Å². The fourth-order valence-electron chi connectivity index (χ4n) is 2.85. The minimum absolute atomic E-state index is 0.0505. The number of carbonyl (C=O) groups excluding carboxylic acids is 1. The van der Waals surface area contributed by atoms with Crippen molar-refractivity contribution in [1.82, 2.24) is 10.9 Å². The number of carbonyl (C=O) groups is 1. The van der Waals surface area contributed by atoms with E-state index in [0.717, 1.165) is 27.0 Å². The van der Waals surface area contributed by atoms with Gasteiger partial charge in [-0.25, -0.2) is 10.9 Å². The molecule has 1 heterocycles. The van der Waals surface area contributed by atoms with Gasteiger partial charge in [-0.05, 0) is 71.6 Å². The van der Waals surface area contributed by atoms with Crippen molar-refractivity contribution in [1.29, 1.82) is 0 Å². The number of anilines is 1. The number of hydrogen-bond acceptors (Lipinski definition) is 4. The zero-order valence-corrected chi connectivity index (χ0v) is 15.9. The molecule has 0 aromatic heterocycles. The Morgan fingerprint density at radius 3 is 2.68 bits per heavy atom. The van der Waals surface area contributed by atoms with Crippen molar-refractivity contribution >= 4 is 27.5 Å². The molecule has 0 saturated carbocycles. The van der Waals surface area contributed by atoms with Crippen LogP contribution in [0.25, 0.3) is 0 Å². The molecule has 0 radical (unpaired) electrons. The molecule has 3 rings (SSSR count). The molecule has 1 amide bonds. The summed E-state index contributed by atoms with van der Waals surface area (Å²) in [6.45, 7) is 4.63. The van der Waals surface area contributed by atoms with E-state index in [-0.39, 0.29) is 18.0 Å². The van der Waals surface area contributed by atoms with Gasteiger partial charge in [-0.3, -0.25) is 4.79 Å². The lowest BCUT2D eigenvalue weighted by molar-refractivity contribution is -0.117. The number of aryl methyl sites for hydroxylation is 1. The Bertz CT molecular complexity index is 749. The molecule has 1 aliphatic heterocycles. The van der Waals surface area contributed by atoms with Crippen LogP contribution in [-0.2, 0) is 4.79 Å². The van der Waals surface area contributed by atoms with Gasteiger partial charge in [0.2, 0.25) is 5.91 Å². The first kappa shape index (κ1) is 17.9. The van der Waals surface area contributed by atoms with Gasteiger partial charge in [-0.1, -0.05) is 18.2 Å². The standard InChI is InChI=1S/C19H22BrN3O2/c1-3-25-14-7-5-13(6-8-14)17-11-18(23-22-17)19(24)21-16-9-4-12(2)10-15(16)20/h4-10,17-18,22-23H,3,11H2,1-2H3,(H,21,24). The normalized spacial score (nSPS) is 19.6. The summed E-state index contributed by atoms with van der Waals surface area (Å²) in [5, 5.41) is 2.97. The molecule has 2 aromatic rings. The molecule has 25 heavy (non-hydrogen) atoms. The maximum absolute atomic E-state index is 12.5. The van der Waals surface area contributed by atoms with Crippen LogP contribution in [-0.4, -0.2) is 18.6 Å². The Morgan fingerprint density at radius 2 is 2.00 bits per heavy atom. The van der Waals surface area contributed by atoms with E-state index in [1.54, 1.807) is 0 Å². The SMILES string of the molecule is CCOc1ccc(C2CC(C(=O)Nc3ccc(C)cc3Br)NN2)cc1. The lowest BCUT2D eigenvalue weighted by Gasteiger charge is -2.12. The third kappa shape index (κ3) is 4.39. The first-order valence-corrected chi connectivity index (χ1v) is 9.17. The van der Waals surface area contributed by atoms with E-state index in [2.05, 4.69) is 32.1 Å². The molecule has 2 aromatic carbocycles. The Labute approximate surface area is 156 Å². The van der Waals surface area contributed by atoms with E-state index < -0.39 is 0 Å². The van der Waals surface area contributed by atoms with Gasteiger partial charge < -0.3 is 10.1 Å². The molecule has 1 fully saturated rings. The van der Waals surface area contributed by atoms with Crippen LogP contribution in [0.15, 0.2) is 46.9 Å². The van der Waals surface area contributed by atoms with Crippen molar-refractivity contribution in [3.05, 3.63) is 58.1 Å². The van der Waals surface area contributed by atoms with Gasteiger partial charge in [0.25, 0.3) is 0 Å². The first-order chi connectivity index (χ1) is 12.1. The number of halogens is 1. The predicted molar refractivity (Wildman–Crippen MR) is 103 cm³/mol. The molecule has 132 valence electrons. The number of amides is 1. The second-order valence-corrected chi connectivity index (χ2v) is 6.96. The maximum atomic E-state index is 12.5. The molecule has 0 spiro atoms. The van der Waals surface area contributed by atoms with Gasteiger partial charge in [-0.15, -0.1) is 0 Å². The summed E-state index contributed by atoms with van der Waals surface area (Å²) >= 11 is 3.49. The molecule has 6 heteroatoms. The van der Waals surface area contributed by atoms with Crippen molar-refractivity contribution in [3.63, 3.8) is 0 Å². The fraction of sp³-hybridized carbons (Fsp3) is 0.316. The number of rotatable bonds is 5. The second-order valence-electron chi connectivity index (χ2n) is 6.10. The van der Waals surface area contributed by atoms with Gasteiger partial charge >= 0.3 is 0 Å². The van der Waals surface area contributed by atoms with Crippen molar-refractivity contribution in [3.8, 4) is 5.75 Å². The van der Waals surface area contributed by atoms with Crippen LogP contribution in [0.5, 0.6) is 5.75 Å². The number of nitrogens with one attached hydrogen (secondary N) is 3. The summed E-state index contributed by atoms with van der Waals surface area (Å²) in [5.74, 6) is 0.807. The highest BCUT2D eigenvalue weighted by Crippen LogP contribution is 2.27. The molecule has 0 bridgehead atoms. The van der Waals surface area contributed by atoms with Gasteiger partial charge in [-0.2, -0.15) is 0 Å². The zero-order chi connectivity index (χ0) is 17.8. The monoisotopic (exact) mass is 403 g/mol. The smallest absolute Gasteiger partial charge is 0.242 e. The molecular formula is C19H22BrN3O2. The van der Waals surface area contributed by atoms with E-state index in [1.165, 1.54) is 0 Å². The van der Waals surface area contributed by atoms with Crippen LogP contribution in [0, 0.1) is 6.92 Å². The van der Waals surface area contributed by atoms with E-state index in [0.29, 0.717) is 13.0 Å². The molecule has 1 saturated heterocycles. The van der Waals surface area contributed by atoms with E-state index in [9.17, 15) is 4.79 Å². The average molecular weight is 404 g/mol. The quantitative estimate of drug-likeness (QED) is 0.711. The number of benzene rings is 2. The third-order valence-corrected chi connectivity index (χ3v) is 4.85. The minimum atomic E-state index is -0.287. The Morgan fingerprint density at radius 1 is 1.24 bits per heavy atom. The van der Waals surface area contributed by atoms with E-state index in [4.69, 9.17) is 4.74 Å². The lowest BCUT2D eigenvalue weighted by atomic mass is 10.0. The molecule has 3 N–H and O–H groups in total. The molecular weight excluding hydrogens is 382 g/mol. The molecule has 0 aliphatic carbocycles. The van der Waals surface area contributed by atoms with E-state index in [1.807, 2.05) is 56.3 Å². The average Bonchev–Trinajstić information content (AvgIpc) is 3.08. The number of ether oxygens (including phenoxy) is 1. The summed E-state index contributed by atoms with van der Waals surface area (Å²) in [7, 11) is 0. The zero-order valence-electron chi connectivity index (χ0n) is 14.3. The summed E-state index contributed by atoms with van der Waals surface area (Å²) in [6.07, 6.45) is 0.684. The van der Waals surface area contributed by atoms with Crippen LogP contribution in [0.3, 0.4) is 0 Å². The summed E-state index contributed by atoms with van der Waals surface area (Å²) in [6, 6.07) is 13.6. The lowest BCUT2D eigenvalue weighted by Crippen LogP contribution is -2.39. The molecule has 2 unspecified atom stereocenters. The number of hydrazine groups is 1. The van der Waals surface area contributed by atoms with Crippen LogP contribution >= 0.6 is 15.9 Å². The second kappa shape index (κ2) is 7.99. The third-order valence-electron chi connectivity index (χ3n) is 4.20. The van der Waals surface area contributed by atoms with Crippen molar-refractivity contribution < 1.29 is 9.53 Å². The van der Waals surface area contributed by atoms with Gasteiger partial charge in [0, 0.05) is 10.5 Å². The minimum Gasteiger partial charge on any atom is -0.494 e. The van der Waals surface area contributed by atoms with E-state index >= 15 is 0 Å². The van der Waals surface area contributed by atoms with Gasteiger partial charge in [0.15, 0.2) is 0 Å². The highest BCUT2D eigenvalue weighted by atomic mass is 79.9. The maximum Gasteiger partial charge on any atom is 0.242 e. The van der Waals surface area contributed by atoms with Crippen LogP contribution in [0.2, 0.25) is 0 Å². The summed E-state index contributed by atoms with van der Waals surface area (Å²) in [5.41, 5.74) is 9.34. The molecule has 5 nitrogen and oxygen atoms in total. The van der Waals surface area contributed by atoms with Crippen LogP contribution in [0.4, 0.5) is 5.69 Å². The summed E-state index contributed by atoms with van der Waals surface area (Å²) < 4.78 is 6.35. The highest BCUT2D eigenvalue weighted by molar-refractivity contribution is 9.10. The molecule has 1 aliphatic rings. The summed E-state index contributed by atoms with van der Waals surface area (Å²) in [4.78, 5) is 12.5. The van der Waals surface area contributed by atoms with Crippen LogP contribution < -0.4 is 20.9 Å². The van der Waals surface area contributed by atoms with Crippen LogP contribution in [0.1, 0.15) is 30.5 Å². The highest BCUT2D eigenvalue weighted by Gasteiger charge is 2.30. The predicted octanol–water partition coefficient (Wildman–Crippen LogP) is 3.70. The Hall–Kier alpha value is -1.89. The van der Waals surface area contributed by atoms with Crippen molar-refractivity contribution in [2.24, 2.45) is 0 Å². The topological polar surface area (TPSA) is 62.4 Å². The van der Waals surface area contributed by atoms with Gasteiger partial charge in [0.05, 0.1) is 12.3 Å². The Kier molecular flexibility index (Phi) is 5.73. The largest absolute Gasteiger partial charge is 0.494 e. The number of hydrogen-bond donors (Lipinski definition) is 3. The fourth-order valence-corrected chi connectivity index (χ4v) is 3.44. The van der Waals surface area contributed by atoms with Crippen molar-refractivity contribution in [2.75, 3.05) is 11.9 Å². The Balaban J connectivity index is 1.60. The van der Waals surface area contributed by atoms with Crippen molar-refractivity contribution in [2.45, 2.75) is 32.4 Å². The first-order valence-electron chi connectivity index (χ1n) is 8.37.